The molecule has 0 atom stereocenters. The van der Waals surface area contributed by atoms with Gasteiger partial charge >= 0.3 is 0 Å². The lowest BCUT2D eigenvalue weighted by Crippen LogP contribution is -2.15. The maximum absolute atomic E-state index is 10.8. The highest BCUT2D eigenvalue weighted by Crippen LogP contribution is 2.21. The molecule has 8 heteroatoms. The topological polar surface area (TPSA) is 68.3 Å². The molecular weight excluding hydrogens is 299 g/mol. The lowest BCUT2D eigenvalue weighted by Gasteiger charge is -2.07. The van der Waals surface area contributed by atoms with Crippen LogP contribution < -0.4 is 5.32 Å². The molecule has 1 rings (SSSR count). The summed E-state index contributed by atoms with van der Waals surface area (Å²) in [6.07, 6.45) is 2.66. The molecule has 102 valence electrons. The zero-order valence-electron chi connectivity index (χ0n) is 9.82. The fraction of sp³-hybridized carbons (Fsp3) is 0.500. The smallest absolute Gasteiger partial charge is 0.149 e. The standard InChI is InChI=1S/C10H14Cl2N2O3S/c1-18(15,16)5-4-17-3-2-13-10-9(12)6-8(11)7-14-10/h6-7H,2-5H2,1H3,(H,13,14). The van der Waals surface area contributed by atoms with Gasteiger partial charge in [0.1, 0.15) is 15.7 Å². The Bertz CT molecular complexity index is 494. The molecule has 0 spiro atoms. The van der Waals surface area contributed by atoms with Crippen molar-refractivity contribution in [3.8, 4) is 0 Å². The molecule has 0 aliphatic rings. The first-order chi connectivity index (χ1) is 8.38. The molecule has 1 N–H and O–H groups in total. The van der Waals surface area contributed by atoms with Crippen LogP contribution in [0.25, 0.3) is 0 Å². The third-order valence-electron chi connectivity index (χ3n) is 1.95. The highest BCUT2D eigenvalue weighted by atomic mass is 35.5. The van der Waals surface area contributed by atoms with E-state index in [0.29, 0.717) is 29.0 Å². The average molecular weight is 313 g/mol. The second-order valence-corrected chi connectivity index (χ2v) is 6.76. The average Bonchev–Trinajstić information content (AvgIpc) is 2.24. The van der Waals surface area contributed by atoms with E-state index in [0.717, 1.165) is 0 Å². The van der Waals surface area contributed by atoms with E-state index in [1.54, 1.807) is 6.07 Å². The van der Waals surface area contributed by atoms with Crippen molar-refractivity contribution in [2.75, 3.05) is 37.1 Å². The minimum absolute atomic E-state index is 0.0208. The van der Waals surface area contributed by atoms with Gasteiger partial charge in [0.25, 0.3) is 0 Å². The normalized spacial score (nSPS) is 11.5. The Balaban J connectivity index is 2.22. The molecule has 0 saturated heterocycles. The molecule has 0 bridgehead atoms. The third-order valence-corrected chi connectivity index (χ3v) is 3.35. The van der Waals surface area contributed by atoms with Crippen LogP contribution in [0.4, 0.5) is 5.82 Å². The van der Waals surface area contributed by atoms with Crippen molar-refractivity contribution in [2.45, 2.75) is 0 Å². The van der Waals surface area contributed by atoms with E-state index in [-0.39, 0.29) is 12.4 Å². The van der Waals surface area contributed by atoms with Crippen LogP contribution in [0.3, 0.4) is 0 Å². The molecule has 0 aromatic carbocycles. The molecule has 0 fully saturated rings. The molecule has 18 heavy (non-hydrogen) atoms. The van der Waals surface area contributed by atoms with Crippen LogP contribution in [-0.2, 0) is 14.6 Å². The summed E-state index contributed by atoms with van der Waals surface area (Å²) in [5.41, 5.74) is 0. The Hall–Kier alpha value is -0.560. The van der Waals surface area contributed by atoms with E-state index in [1.165, 1.54) is 12.5 Å². The van der Waals surface area contributed by atoms with Gasteiger partial charge in [-0.1, -0.05) is 23.2 Å². The van der Waals surface area contributed by atoms with E-state index >= 15 is 0 Å². The Morgan fingerprint density at radius 3 is 2.72 bits per heavy atom. The largest absolute Gasteiger partial charge is 0.379 e. The Kier molecular flexibility index (Phi) is 6.14. The second kappa shape index (κ2) is 7.13. The minimum Gasteiger partial charge on any atom is -0.379 e. The second-order valence-electron chi connectivity index (χ2n) is 3.65. The van der Waals surface area contributed by atoms with Gasteiger partial charge in [0, 0.05) is 19.0 Å². The lowest BCUT2D eigenvalue weighted by molar-refractivity contribution is 0.159. The lowest BCUT2D eigenvalue weighted by atomic mass is 10.4. The van der Waals surface area contributed by atoms with Gasteiger partial charge in [-0.25, -0.2) is 13.4 Å². The first-order valence-electron chi connectivity index (χ1n) is 5.19. The number of hydrogen-bond acceptors (Lipinski definition) is 5. The number of hydrogen-bond donors (Lipinski definition) is 1. The molecule has 0 aliphatic heterocycles. The van der Waals surface area contributed by atoms with Gasteiger partial charge in [-0.05, 0) is 6.07 Å². The maximum Gasteiger partial charge on any atom is 0.149 e. The minimum atomic E-state index is -2.97. The van der Waals surface area contributed by atoms with Gasteiger partial charge in [0.2, 0.25) is 0 Å². The van der Waals surface area contributed by atoms with Crippen LogP contribution >= 0.6 is 23.2 Å². The number of nitrogens with one attached hydrogen (secondary N) is 1. The quantitative estimate of drug-likeness (QED) is 0.778. The van der Waals surface area contributed by atoms with Crippen LogP contribution in [0.15, 0.2) is 12.3 Å². The first-order valence-corrected chi connectivity index (χ1v) is 8.00. The highest BCUT2D eigenvalue weighted by Gasteiger charge is 2.03. The Morgan fingerprint density at radius 1 is 1.39 bits per heavy atom. The van der Waals surface area contributed by atoms with Gasteiger partial charge < -0.3 is 10.1 Å². The van der Waals surface area contributed by atoms with E-state index in [9.17, 15) is 8.42 Å². The molecule has 0 amide bonds. The van der Waals surface area contributed by atoms with Gasteiger partial charge in [0.05, 0.1) is 29.0 Å². The first kappa shape index (κ1) is 15.5. The van der Waals surface area contributed by atoms with Gasteiger partial charge in [-0.3, -0.25) is 0 Å². The summed E-state index contributed by atoms with van der Waals surface area (Å²) in [6.45, 7) is 1.04. The molecule has 0 saturated carbocycles. The predicted octanol–water partition coefficient (Wildman–Crippen LogP) is 1.86. The third kappa shape index (κ3) is 6.39. The highest BCUT2D eigenvalue weighted by molar-refractivity contribution is 7.90. The predicted molar refractivity (Wildman–Crippen MR) is 73.3 cm³/mol. The molecule has 0 radical (unpaired) electrons. The number of sulfone groups is 1. The van der Waals surface area contributed by atoms with E-state index in [4.69, 9.17) is 27.9 Å². The van der Waals surface area contributed by atoms with E-state index < -0.39 is 9.84 Å². The monoisotopic (exact) mass is 312 g/mol. The van der Waals surface area contributed by atoms with Crippen molar-refractivity contribution in [3.05, 3.63) is 22.3 Å². The summed E-state index contributed by atoms with van der Waals surface area (Å²) in [4.78, 5) is 4.01. The van der Waals surface area contributed by atoms with Crippen LogP contribution in [0.1, 0.15) is 0 Å². The van der Waals surface area contributed by atoms with Crippen LogP contribution in [0.2, 0.25) is 10.0 Å². The van der Waals surface area contributed by atoms with Crippen molar-refractivity contribution in [3.63, 3.8) is 0 Å². The van der Waals surface area contributed by atoms with Gasteiger partial charge in [-0.2, -0.15) is 0 Å². The zero-order valence-corrected chi connectivity index (χ0v) is 12.1. The van der Waals surface area contributed by atoms with Crippen molar-refractivity contribution in [1.82, 2.24) is 4.98 Å². The summed E-state index contributed by atoms with van der Waals surface area (Å²) >= 11 is 11.6. The summed E-state index contributed by atoms with van der Waals surface area (Å²) in [6, 6.07) is 1.59. The fourth-order valence-electron chi connectivity index (χ4n) is 1.10. The molecule has 0 aliphatic carbocycles. The molecule has 1 aromatic rings. The van der Waals surface area contributed by atoms with Gasteiger partial charge in [0.15, 0.2) is 0 Å². The molecular formula is C10H14Cl2N2O3S. The van der Waals surface area contributed by atoms with Crippen LogP contribution in [0.5, 0.6) is 0 Å². The summed E-state index contributed by atoms with van der Waals surface area (Å²) < 4.78 is 26.8. The number of rotatable bonds is 7. The van der Waals surface area contributed by atoms with Crippen molar-refractivity contribution in [1.29, 1.82) is 0 Å². The van der Waals surface area contributed by atoms with Crippen molar-refractivity contribution < 1.29 is 13.2 Å². The number of nitrogens with zero attached hydrogens (tertiary/aromatic N) is 1. The summed E-state index contributed by atoms with van der Waals surface area (Å²) in [5.74, 6) is 0.542. The number of halogens is 2. The number of pyridine rings is 1. The van der Waals surface area contributed by atoms with Gasteiger partial charge in [-0.15, -0.1) is 0 Å². The molecule has 0 unspecified atom stereocenters. The summed E-state index contributed by atoms with van der Waals surface area (Å²) in [7, 11) is -2.97. The number of anilines is 1. The Morgan fingerprint density at radius 2 is 2.11 bits per heavy atom. The molecule has 1 aromatic heterocycles. The SMILES string of the molecule is CS(=O)(=O)CCOCCNc1ncc(Cl)cc1Cl. The maximum atomic E-state index is 10.8. The van der Waals surface area contributed by atoms with E-state index in [2.05, 4.69) is 10.3 Å². The van der Waals surface area contributed by atoms with E-state index in [1.807, 2.05) is 0 Å². The van der Waals surface area contributed by atoms with Crippen molar-refractivity contribution in [2.24, 2.45) is 0 Å². The van der Waals surface area contributed by atoms with Crippen LogP contribution in [-0.4, -0.2) is 45.2 Å². The molecule has 1 heterocycles. The molecule has 5 nitrogen and oxygen atoms in total. The van der Waals surface area contributed by atoms with Crippen molar-refractivity contribution >= 4 is 38.9 Å². The number of aromatic nitrogens is 1. The zero-order chi connectivity index (χ0) is 13.6. The van der Waals surface area contributed by atoms with Crippen LogP contribution in [0, 0.1) is 0 Å². The number of ether oxygens (including phenoxy) is 1. The Labute approximate surface area is 116 Å². The fourth-order valence-corrected chi connectivity index (χ4v) is 1.97. The summed E-state index contributed by atoms with van der Waals surface area (Å²) in [5, 5.41) is 3.86.